The number of anilines is 2. The van der Waals surface area contributed by atoms with Gasteiger partial charge in [-0.15, -0.1) is 0 Å². The summed E-state index contributed by atoms with van der Waals surface area (Å²) in [4.78, 5) is 3.94. The molecule has 0 radical (unpaired) electrons. The SMILES string of the molecule is Nc1cc(NCCC2CCOC2)ccn1. The molecule has 1 aromatic rings. The molecule has 0 amide bonds. The third kappa shape index (κ3) is 3.09. The summed E-state index contributed by atoms with van der Waals surface area (Å²) < 4.78 is 5.32. The summed E-state index contributed by atoms with van der Waals surface area (Å²) in [6.45, 7) is 2.81. The minimum atomic E-state index is 0.559. The van der Waals surface area contributed by atoms with E-state index in [2.05, 4.69) is 10.3 Å². The summed E-state index contributed by atoms with van der Waals surface area (Å²) >= 11 is 0. The van der Waals surface area contributed by atoms with Crippen molar-refractivity contribution < 1.29 is 4.74 Å². The van der Waals surface area contributed by atoms with Gasteiger partial charge in [0.15, 0.2) is 0 Å². The molecule has 1 unspecified atom stereocenters. The second kappa shape index (κ2) is 4.98. The highest BCUT2D eigenvalue weighted by atomic mass is 16.5. The van der Waals surface area contributed by atoms with Gasteiger partial charge in [0.2, 0.25) is 0 Å². The van der Waals surface area contributed by atoms with Crippen LogP contribution in [0.1, 0.15) is 12.8 Å². The number of rotatable bonds is 4. The van der Waals surface area contributed by atoms with Crippen molar-refractivity contribution in [1.82, 2.24) is 4.98 Å². The molecule has 1 aliphatic rings. The second-order valence-corrected chi connectivity index (χ2v) is 3.91. The van der Waals surface area contributed by atoms with E-state index in [4.69, 9.17) is 10.5 Å². The zero-order chi connectivity index (χ0) is 10.5. The normalized spacial score (nSPS) is 20.4. The molecule has 0 aliphatic carbocycles. The van der Waals surface area contributed by atoms with Crippen molar-refractivity contribution in [2.75, 3.05) is 30.8 Å². The lowest BCUT2D eigenvalue weighted by Gasteiger charge is -2.09. The predicted octanol–water partition coefficient (Wildman–Crippen LogP) is 1.50. The lowest BCUT2D eigenvalue weighted by molar-refractivity contribution is 0.185. The first-order valence-electron chi connectivity index (χ1n) is 5.38. The van der Waals surface area contributed by atoms with E-state index >= 15 is 0 Å². The molecule has 1 aromatic heterocycles. The van der Waals surface area contributed by atoms with Gasteiger partial charge < -0.3 is 15.8 Å². The molecule has 0 aromatic carbocycles. The van der Waals surface area contributed by atoms with E-state index < -0.39 is 0 Å². The van der Waals surface area contributed by atoms with Gasteiger partial charge in [-0.25, -0.2) is 4.98 Å². The lowest BCUT2D eigenvalue weighted by atomic mass is 10.1. The largest absolute Gasteiger partial charge is 0.385 e. The van der Waals surface area contributed by atoms with Gasteiger partial charge in [-0.3, -0.25) is 0 Å². The van der Waals surface area contributed by atoms with E-state index in [-0.39, 0.29) is 0 Å². The zero-order valence-electron chi connectivity index (χ0n) is 8.78. The van der Waals surface area contributed by atoms with Crippen molar-refractivity contribution in [2.45, 2.75) is 12.8 Å². The highest BCUT2D eigenvalue weighted by Gasteiger charge is 2.14. The molecule has 2 heterocycles. The minimum absolute atomic E-state index is 0.559. The van der Waals surface area contributed by atoms with Crippen LogP contribution in [-0.4, -0.2) is 24.7 Å². The quantitative estimate of drug-likeness (QED) is 0.785. The molecular weight excluding hydrogens is 190 g/mol. The molecule has 1 fully saturated rings. The number of hydrogen-bond acceptors (Lipinski definition) is 4. The fraction of sp³-hybridized carbons (Fsp3) is 0.545. The Hall–Kier alpha value is -1.29. The first kappa shape index (κ1) is 10.2. The van der Waals surface area contributed by atoms with Crippen LogP contribution in [-0.2, 0) is 4.74 Å². The molecule has 3 N–H and O–H groups in total. The first-order chi connectivity index (χ1) is 7.34. The van der Waals surface area contributed by atoms with Gasteiger partial charge >= 0.3 is 0 Å². The summed E-state index contributed by atoms with van der Waals surface area (Å²) in [5.74, 6) is 1.28. The van der Waals surface area contributed by atoms with Crippen LogP contribution >= 0.6 is 0 Å². The third-order valence-corrected chi connectivity index (χ3v) is 2.69. The summed E-state index contributed by atoms with van der Waals surface area (Å²) in [5.41, 5.74) is 6.62. The van der Waals surface area contributed by atoms with Crippen LogP contribution in [0.4, 0.5) is 11.5 Å². The molecule has 1 aliphatic heterocycles. The van der Waals surface area contributed by atoms with Gasteiger partial charge in [-0.2, -0.15) is 0 Å². The average Bonchev–Trinajstić information content (AvgIpc) is 2.71. The summed E-state index contributed by atoms with van der Waals surface area (Å²) in [6, 6.07) is 3.78. The van der Waals surface area contributed by atoms with E-state index in [1.54, 1.807) is 6.20 Å². The van der Waals surface area contributed by atoms with E-state index in [1.165, 1.54) is 6.42 Å². The Morgan fingerprint density at radius 2 is 2.53 bits per heavy atom. The number of aromatic nitrogens is 1. The van der Waals surface area contributed by atoms with Crippen molar-refractivity contribution >= 4 is 11.5 Å². The van der Waals surface area contributed by atoms with Crippen molar-refractivity contribution in [3.63, 3.8) is 0 Å². The Balaban J connectivity index is 1.73. The van der Waals surface area contributed by atoms with Crippen LogP contribution in [0, 0.1) is 5.92 Å². The molecule has 1 atom stereocenters. The van der Waals surface area contributed by atoms with E-state index in [0.717, 1.165) is 37.8 Å². The van der Waals surface area contributed by atoms with Gasteiger partial charge in [0.25, 0.3) is 0 Å². The van der Waals surface area contributed by atoms with E-state index in [0.29, 0.717) is 5.82 Å². The Morgan fingerprint density at radius 1 is 1.60 bits per heavy atom. The highest BCUT2D eigenvalue weighted by molar-refractivity contribution is 5.49. The summed E-state index contributed by atoms with van der Waals surface area (Å²) in [7, 11) is 0. The van der Waals surface area contributed by atoms with Crippen molar-refractivity contribution in [3.05, 3.63) is 18.3 Å². The van der Waals surface area contributed by atoms with Crippen molar-refractivity contribution in [2.24, 2.45) is 5.92 Å². The molecule has 2 rings (SSSR count). The third-order valence-electron chi connectivity index (χ3n) is 2.69. The maximum atomic E-state index is 5.58. The number of nitrogen functional groups attached to an aromatic ring is 1. The number of nitrogens with one attached hydrogen (secondary N) is 1. The molecule has 1 saturated heterocycles. The van der Waals surface area contributed by atoms with E-state index in [9.17, 15) is 0 Å². The van der Waals surface area contributed by atoms with Gasteiger partial charge in [0, 0.05) is 37.7 Å². The Labute approximate surface area is 89.8 Å². The summed E-state index contributed by atoms with van der Waals surface area (Å²) in [6.07, 6.45) is 4.07. The van der Waals surface area contributed by atoms with Crippen LogP contribution in [0.25, 0.3) is 0 Å². The number of ether oxygens (including phenoxy) is 1. The van der Waals surface area contributed by atoms with Crippen LogP contribution in [0.3, 0.4) is 0 Å². The fourth-order valence-electron chi connectivity index (χ4n) is 1.79. The summed E-state index contributed by atoms with van der Waals surface area (Å²) in [5, 5.41) is 3.34. The van der Waals surface area contributed by atoms with Gasteiger partial charge in [-0.05, 0) is 24.8 Å². The second-order valence-electron chi connectivity index (χ2n) is 3.91. The smallest absolute Gasteiger partial charge is 0.125 e. The van der Waals surface area contributed by atoms with Crippen LogP contribution in [0.2, 0.25) is 0 Å². The fourth-order valence-corrected chi connectivity index (χ4v) is 1.79. The molecule has 4 nitrogen and oxygen atoms in total. The standard InChI is InChI=1S/C11H17N3O/c12-11-7-10(2-5-14-11)13-4-1-9-3-6-15-8-9/h2,5,7,9H,1,3-4,6,8H2,(H3,12,13,14). The van der Waals surface area contributed by atoms with Crippen molar-refractivity contribution in [1.29, 1.82) is 0 Å². The Morgan fingerprint density at radius 3 is 3.27 bits per heavy atom. The molecule has 82 valence electrons. The zero-order valence-corrected chi connectivity index (χ0v) is 8.78. The average molecular weight is 207 g/mol. The number of hydrogen-bond donors (Lipinski definition) is 2. The predicted molar refractivity (Wildman–Crippen MR) is 60.7 cm³/mol. The molecular formula is C11H17N3O. The Kier molecular flexibility index (Phi) is 3.40. The number of nitrogens with zero attached hydrogens (tertiary/aromatic N) is 1. The van der Waals surface area contributed by atoms with Gasteiger partial charge in [0.05, 0.1) is 0 Å². The van der Waals surface area contributed by atoms with Gasteiger partial charge in [-0.1, -0.05) is 0 Å². The van der Waals surface area contributed by atoms with E-state index in [1.807, 2.05) is 12.1 Å². The molecule has 15 heavy (non-hydrogen) atoms. The number of pyridine rings is 1. The minimum Gasteiger partial charge on any atom is -0.385 e. The van der Waals surface area contributed by atoms with Gasteiger partial charge in [0.1, 0.15) is 5.82 Å². The molecule has 0 spiro atoms. The van der Waals surface area contributed by atoms with Crippen molar-refractivity contribution in [3.8, 4) is 0 Å². The van der Waals surface area contributed by atoms with Crippen LogP contribution < -0.4 is 11.1 Å². The molecule has 0 saturated carbocycles. The maximum Gasteiger partial charge on any atom is 0.125 e. The highest BCUT2D eigenvalue weighted by Crippen LogP contribution is 2.16. The topological polar surface area (TPSA) is 60.2 Å². The lowest BCUT2D eigenvalue weighted by Crippen LogP contribution is -2.09. The number of nitrogens with two attached hydrogens (primary N) is 1. The van der Waals surface area contributed by atoms with Crippen LogP contribution in [0.5, 0.6) is 0 Å². The first-order valence-corrected chi connectivity index (χ1v) is 5.38. The monoisotopic (exact) mass is 207 g/mol. The molecule has 0 bridgehead atoms. The Bertz CT molecular complexity index is 310. The van der Waals surface area contributed by atoms with Crippen LogP contribution in [0.15, 0.2) is 18.3 Å². The molecule has 4 heteroatoms. The maximum absolute atomic E-state index is 5.58.